The molecule has 2 bridgehead atoms. The molecule has 0 radical (unpaired) electrons. The molecule has 0 amide bonds. The van der Waals surface area contributed by atoms with Gasteiger partial charge in [-0.25, -0.2) is 0 Å². The van der Waals surface area contributed by atoms with Crippen molar-refractivity contribution in [3.8, 4) is 23.7 Å². The van der Waals surface area contributed by atoms with Crippen LogP contribution in [0.1, 0.15) is 59.3 Å². The van der Waals surface area contributed by atoms with Crippen molar-refractivity contribution in [1.29, 1.82) is 0 Å². The number of rotatable bonds is 2. The molecule has 1 saturated heterocycles. The van der Waals surface area contributed by atoms with Gasteiger partial charge in [-0.2, -0.15) is 0 Å². The maximum atomic E-state index is 10.8. The van der Waals surface area contributed by atoms with E-state index in [1.165, 1.54) is 6.42 Å². The molecule has 162 valence electrons. The van der Waals surface area contributed by atoms with Crippen LogP contribution in [0.15, 0.2) is 23.8 Å². The number of aliphatic hydroxyl groups is 1. The van der Waals surface area contributed by atoms with Crippen molar-refractivity contribution in [2.75, 3.05) is 0 Å². The molecule has 1 aliphatic heterocycles. The largest absolute Gasteiger partial charge is 0.398 e. The molecule has 1 N–H and O–H groups in total. The molecule has 2 fully saturated rings. The summed E-state index contributed by atoms with van der Waals surface area (Å²) in [6.07, 6.45) is 9.70. The van der Waals surface area contributed by atoms with Crippen LogP contribution in [0.3, 0.4) is 0 Å². The Morgan fingerprint density at radius 2 is 1.80 bits per heavy atom. The van der Waals surface area contributed by atoms with E-state index in [-0.39, 0.29) is 17.2 Å². The zero-order chi connectivity index (χ0) is 21.6. The minimum Gasteiger partial charge on any atom is -0.398 e. The highest BCUT2D eigenvalue weighted by Crippen LogP contribution is 2.51. The van der Waals surface area contributed by atoms with Crippen molar-refractivity contribution in [2.45, 2.75) is 107 Å². The number of aliphatic hydroxyl groups excluding tert-OH is 1. The Bertz CT molecular complexity index is 867. The fourth-order valence-electron chi connectivity index (χ4n) is 4.62. The average molecular weight is 427 g/mol. The van der Waals surface area contributed by atoms with E-state index < -0.39 is 25.8 Å². The monoisotopic (exact) mass is 426 g/mol. The van der Waals surface area contributed by atoms with Crippen LogP contribution in [0.5, 0.6) is 0 Å². The lowest BCUT2D eigenvalue weighted by atomic mass is 9.79. The van der Waals surface area contributed by atoms with E-state index in [1.54, 1.807) is 12.2 Å². The van der Waals surface area contributed by atoms with Crippen LogP contribution in [0, 0.1) is 23.7 Å². The van der Waals surface area contributed by atoms with Crippen LogP contribution < -0.4 is 0 Å². The lowest BCUT2D eigenvalue weighted by Gasteiger charge is -2.48. The molecule has 0 aromatic heterocycles. The maximum absolute atomic E-state index is 10.8. The van der Waals surface area contributed by atoms with Gasteiger partial charge in [0.1, 0.15) is 18.3 Å². The molecular formula is C25H34O4Si. The SMILES string of the molecule is CC(C)(C)[Si](C)(C)O[C@@]12C#C/C=C\C#C[C@H](O)C(=C[C@@H]3OC4(CCCCC4)O[C@@H]31)C2. The summed E-state index contributed by atoms with van der Waals surface area (Å²) >= 11 is 0. The van der Waals surface area contributed by atoms with E-state index in [2.05, 4.69) is 57.5 Å². The van der Waals surface area contributed by atoms with Gasteiger partial charge in [-0.1, -0.05) is 56.9 Å². The van der Waals surface area contributed by atoms with Gasteiger partial charge in [-0.15, -0.1) is 0 Å². The Balaban J connectivity index is 1.81. The van der Waals surface area contributed by atoms with Crippen molar-refractivity contribution < 1.29 is 19.0 Å². The Hall–Kier alpha value is -1.34. The van der Waals surface area contributed by atoms with Crippen LogP contribution in [0.4, 0.5) is 0 Å². The van der Waals surface area contributed by atoms with E-state index in [1.807, 2.05) is 6.08 Å². The van der Waals surface area contributed by atoms with Crippen LogP contribution >= 0.6 is 0 Å². The average Bonchev–Trinajstić information content (AvgIpc) is 3.01. The maximum Gasteiger partial charge on any atom is 0.194 e. The fourth-order valence-corrected chi connectivity index (χ4v) is 6.07. The number of hydrogen-bond acceptors (Lipinski definition) is 4. The number of allylic oxidation sites excluding steroid dienone is 2. The summed E-state index contributed by atoms with van der Waals surface area (Å²) in [4.78, 5) is 0. The summed E-state index contributed by atoms with van der Waals surface area (Å²) in [6, 6.07) is 0. The van der Waals surface area contributed by atoms with Crippen molar-refractivity contribution in [1.82, 2.24) is 0 Å². The van der Waals surface area contributed by atoms with Gasteiger partial charge >= 0.3 is 0 Å². The minimum absolute atomic E-state index is 0.0197. The molecule has 1 spiro atoms. The standard InChI is InChI=1S/C25H34O4Si/c1-23(2,3)30(4,5)29-24-14-10-7-6-9-13-20(26)19(18-24)17-21-22(24)28-25(27-21)15-11-8-12-16-25/h6-7,17,20-22,26H,8,11-12,15-16,18H2,1-5H3/b7-6-/t20-,21-,22-,24+/m0/s1. The first-order chi connectivity index (χ1) is 14.1. The number of fused-ring (bicyclic) bond motifs is 4. The lowest BCUT2D eigenvalue weighted by molar-refractivity contribution is -0.201. The molecule has 0 aromatic rings. The van der Waals surface area contributed by atoms with Gasteiger partial charge in [0.2, 0.25) is 0 Å². The smallest absolute Gasteiger partial charge is 0.194 e. The minimum atomic E-state index is -2.20. The molecule has 4 nitrogen and oxygen atoms in total. The van der Waals surface area contributed by atoms with Gasteiger partial charge in [0.25, 0.3) is 0 Å². The molecule has 4 rings (SSSR count). The summed E-state index contributed by atoms with van der Waals surface area (Å²) < 4.78 is 20.4. The van der Waals surface area contributed by atoms with Gasteiger partial charge < -0.3 is 19.0 Å². The van der Waals surface area contributed by atoms with E-state index in [0.717, 1.165) is 31.3 Å². The Morgan fingerprint density at radius 1 is 1.10 bits per heavy atom. The molecule has 0 aromatic carbocycles. The first-order valence-corrected chi connectivity index (χ1v) is 14.1. The summed E-state index contributed by atoms with van der Waals surface area (Å²) in [5, 5.41) is 10.8. The summed E-state index contributed by atoms with van der Waals surface area (Å²) in [6.45, 7) is 11.2. The molecule has 0 unspecified atom stereocenters. The summed E-state index contributed by atoms with van der Waals surface area (Å²) in [5.74, 6) is 11.8. The highest BCUT2D eigenvalue weighted by molar-refractivity contribution is 6.74. The topological polar surface area (TPSA) is 47.9 Å². The zero-order valence-electron chi connectivity index (χ0n) is 18.9. The third-order valence-electron chi connectivity index (χ3n) is 7.26. The summed E-state index contributed by atoms with van der Waals surface area (Å²) in [5.41, 5.74) is -0.0354. The molecular weight excluding hydrogens is 392 g/mol. The first kappa shape index (κ1) is 21.9. The van der Waals surface area contributed by atoms with Gasteiger partial charge in [0.15, 0.2) is 19.7 Å². The molecule has 3 aliphatic carbocycles. The second-order valence-electron chi connectivity index (χ2n) is 10.6. The van der Waals surface area contributed by atoms with Gasteiger partial charge in [-0.3, -0.25) is 0 Å². The van der Waals surface area contributed by atoms with Gasteiger partial charge in [0.05, 0.1) is 0 Å². The molecule has 1 heterocycles. The molecule has 4 atom stereocenters. The predicted octanol–water partition coefficient (Wildman–Crippen LogP) is 4.46. The summed E-state index contributed by atoms with van der Waals surface area (Å²) in [7, 11) is -2.20. The zero-order valence-corrected chi connectivity index (χ0v) is 19.9. The van der Waals surface area contributed by atoms with E-state index in [4.69, 9.17) is 13.9 Å². The molecule has 5 heteroatoms. The van der Waals surface area contributed by atoms with Gasteiger partial charge in [0, 0.05) is 19.3 Å². The number of ether oxygens (including phenoxy) is 2. The van der Waals surface area contributed by atoms with E-state index in [0.29, 0.717) is 6.42 Å². The van der Waals surface area contributed by atoms with Gasteiger partial charge in [-0.05, 0) is 48.7 Å². The first-order valence-electron chi connectivity index (χ1n) is 11.2. The molecule has 1 saturated carbocycles. The third-order valence-corrected chi connectivity index (χ3v) is 11.7. The highest BCUT2D eigenvalue weighted by Gasteiger charge is 2.60. The van der Waals surface area contributed by atoms with Crippen molar-refractivity contribution in [2.24, 2.45) is 0 Å². The normalized spacial score (nSPS) is 35.9. The third kappa shape index (κ3) is 3.95. The van der Waals surface area contributed by atoms with Crippen molar-refractivity contribution in [3.63, 3.8) is 0 Å². The van der Waals surface area contributed by atoms with Crippen molar-refractivity contribution in [3.05, 3.63) is 23.8 Å². The molecule has 4 aliphatic rings. The Morgan fingerprint density at radius 3 is 2.50 bits per heavy atom. The van der Waals surface area contributed by atoms with Crippen LogP contribution in [0.2, 0.25) is 18.1 Å². The predicted molar refractivity (Wildman–Crippen MR) is 120 cm³/mol. The van der Waals surface area contributed by atoms with E-state index in [9.17, 15) is 5.11 Å². The lowest BCUT2D eigenvalue weighted by Crippen LogP contribution is -2.59. The Labute approximate surface area is 182 Å². The second kappa shape index (κ2) is 7.66. The van der Waals surface area contributed by atoms with Crippen LogP contribution in [-0.2, 0) is 13.9 Å². The van der Waals surface area contributed by atoms with E-state index >= 15 is 0 Å². The quantitative estimate of drug-likeness (QED) is 0.402. The highest BCUT2D eigenvalue weighted by atomic mass is 28.4. The molecule has 30 heavy (non-hydrogen) atoms. The Kier molecular flexibility index (Phi) is 5.58. The van der Waals surface area contributed by atoms with Crippen LogP contribution in [-0.4, -0.2) is 43.1 Å². The fraction of sp³-hybridized carbons (Fsp3) is 0.680. The van der Waals surface area contributed by atoms with Crippen molar-refractivity contribution >= 4 is 8.32 Å². The van der Waals surface area contributed by atoms with Crippen LogP contribution in [0.25, 0.3) is 0 Å². The second-order valence-corrected chi connectivity index (χ2v) is 15.3. The number of hydrogen-bond donors (Lipinski definition) is 1.